The van der Waals surface area contributed by atoms with E-state index in [0.29, 0.717) is 0 Å². The summed E-state index contributed by atoms with van der Waals surface area (Å²) in [5.74, 6) is -0.618. The van der Waals surface area contributed by atoms with Crippen LogP contribution < -0.4 is 0 Å². The lowest BCUT2D eigenvalue weighted by Gasteiger charge is -2.37. The number of alkyl halides is 1. The molecule has 4 nitrogen and oxygen atoms in total. The van der Waals surface area contributed by atoms with Gasteiger partial charge in [0, 0.05) is 7.11 Å². The van der Waals surface area contributed by atoms with E-state index in [-0.39, 0.29) is 24.4 Å². The van der Waals surface area contributed by atoms with Crippen LogP contribution in [0.15, 0.2) is 0 Å². The zero-order valence-corrected chi connectivity index (χ0v) is 10.2. The van der Waals surface area contributed by atoms with Crippen LogP contribution in [0.25, 0.3) is 0 Å². The topological polar surface area (TPSA) is 36.9 Å². The first-order valence-electron chi connectivity index (χ1n) is 5.12. The minimum atomic E-state index is -0.618. The van der Waals surface area contributed by atoms with Gasteiger partial charge in [0.05, 0.1) is 6.10 Å². The van der Waals surface area contributed by atoms with Crippen molar-refractivity contribution in [3.8, 4) is 0 Å². The largest absolute Gasteiger partial charge is 0.376 e. The van der Waals surface area contributed by atoms with E-state index in [2.05, 4.69) is 0 Å². The third-order valence-corrected chi connectivity index (χ3v) is 3.18. The Morgan fingerprint density at radius 3 is 2.40 bits per heavy atom. The summed E-state index contributed by atoms with van der Waals surface area (Å²) in [5, 5.41) is 0. The molecule has 2 rings (SSSR count). The van der Waals surface area contributed by atoms with Crippen molar-refractivity contribution in [2.75, 3.05) is 7.11 Å². The summed E-state index contributed by atoms with van der Waals surface area (Å²) in [7, 11) is 1.64. The summed E-state index contributed by atoms with van der Waals surface area (Å²) < 4.78 is 22.4. The smallest absolute Gasteiger partial charge is 0.164 e. The molecular formula is C10H17ClO4. The molecule has 2 aliphatic rings. The average molecular weight is 237 g/mol. The van der Waals surface area contributed by atoms with Crippen LogP contribution in [0.3, 0.4) is 0 Å². The average Bonchev–Trinajstić information content (AvgIpc) is 2.42. The maximum absolute atomic E-state index is 6.08. The molecule has 2 fully saturated rings. The Morgan fingerprint density at radius 2 is 1.80 bits per heavy atom. The van der Waals surface area contributed by atoms with Crippen molar-refractivity contribution < 1.29 is 18.9 Å². The van der Waals surface area contributed by atoms with E-state index < -0.39 is 11.4 Å². The molecule has 15 heavy (non-hydrogen) atoms. The highest BCUT2D eigenvalue weighted by molar-refractivity contribution is 6.20. The van der Waals surface area contributed by atoms with Crippen molar-refractivity contribution in [3.05, 3.63) is 0 Å². The molecule has 0 radical (unpaired) electrons. The van der Waals surface area contributed by atoms with Crippen molar-refractivity contribution in [2.45, 2.75) is 56.5 Å². The highest BCUT2D eigenvalue weighted by atomic mass is 35.5. The fourth-order valence-electron chi connectivity index (χ4n) is 2.23. The van der Waals surface area contributed by atoms with E-state index in [1.807, 2.05) is 20.8 Å². The first-order chi connectivity index (χ1) is 6.94. The maximum Gasteiger partial charge on any atom is 0.164 e. The van der Waals surface area contributed by atoms with Crippen LogP contribution in [0.4, 0.5) is 0 Å². The van der Waals surface area contributed by atoms with Crippen molar-refractivity contribution >= 4 is 11.6 Å². The summed E-state index contributed by atoms with van der Waals surface area (Å²) in [6.45, 7) is 5.66. The van der Waals surface area contributed by atoms with Crippen LogP contribution in [0.2, 0.25) is 0 Å². The molecular weight excluding hydrogens is 220 g/mol. The van der Waals surface area contributed by atoms with Gasteiger partial charge in [-0.3, -0.25) is 0 Å². The van der Waals surface area contributed by atoms with E-state index in [0.717, 1.165) is 0 Å². The number of hydrogen-bond acceptors (Lipinski definition) is 4. The van der Waals surface area contributed by atoms with Crippen molar-refractivity contribution in [1.29, 1.82) is 0 Å². The van der Waals surface area contributed by atoms with Gasteiger partial charge < -0.3 is 18.9 Å². The molecule has 5 atom stereocenters. The SMILES string of the molecule is CO[C@@H]1[C@H]2OC(C)(C)O[C@H]2C(Cl)O[C@H]1C. The second-order valence-electron chi connectivity index (χ2n) is 4.46. The first-order valence-corrected chi connectivity index (χ1v) is 5.56. The third-order valence-electron chi connectivity index (χ3n) is 2.83. The minimum Gasteiger partial charge on any atom is -0.376 e. The Bertz CT molecular complexity index is 246. The van der Waals surface area contributed by atoms with Crippen LogP contribution in [0.5, 0.6) is 0 Å². The quantitative estimate of drug-likeness (QED) is 0.647. The normalized spacial score (nSPS) is 49.0. The zero-order valence-electron chi connectivity index (χ0n) is 9.40. The van der Waals surface area contributed by atoms with E-state index >= 15 is 0 Å². The maximum atomic E-state index is 6.08. The first kappa shape index (κ1) is 11.6. The molecule has 0 saturated carbocycles. The van der Waals surface area contributed by atoms with Crippen molar-refractivity contribution in [3.63, 3.8) is 0 Å². The van der Waals surface area contributed by atoms with Crippen LogP contribution in [-0.4, -0.2) is 42.9 Å². The predicted octanol–water partition coefficient (Wildman–Crippen LogP) is 1.51. The summed E-state index contributed by atoms with van der Waals surface area (Å²) in [6, 6.07) is 0. The third kappa shape index (κ3) is 2.01. The molecule has 0 N–H and O–H groups in total. The standard InChI is InChI=1S/C10H17ClO4/c1-5-6(12-4)7-8(9(11)13-5)15-10(2,3)14-7/h5-9H,1-4H3/t5-,6-,7+,8+,9?/m0/s1. The van der Waals surface area contributed by atoms with Gasteiger partial charge in [-0.1, -0.05) is 11.6 Å². The van der Waals surface area contributed by atoms with Gasteiger partial charge in [-0.2, -0.15) is 0 Å². The molecule has 2 aliphatic heterocycles. The number of halogens is 1. The molecule has 1 unspecified atom stereocenters. The van der Waals surface area contributed by atoms with E-state index in [1.54, 1.807) is 7.11 Å². The molecule has 2 saturated heterocycles. The molecule has 0 bridgehead atoms. The number of ether oxygens (including phenoxy) is 4. The Hall–Kier alpha value is 0.130. The summed E-state index contributed by atoms with van der Waals surface area (Å²) in [4.78, 5) is 0. The second-order valence-corrected chi connectivity index (χ2v) is 4.89. The van der Waals surface area contributed by atoms with Gasteiger partial charge in [0.2, 0.25) is 0 Å². The Balaban J connectivity index is 2.19. The number of rotatable bonds is 1. The Kier molecular flexibility index (Phi) is 2.99. The van der Waals surface area contributed by atoms with Crippen LogP contribution in [0.1, 0.15) is 20.8 Å². The lowest BCUT2D eigenvalue weighted by atomic mass is 10.0. The molecule has 5 heteroatoms. The summed E-state index contributed by atoms with van der Waals surface area (Å²) in [6.07, 6.45) is -0.637. The van der Waals surface area contributed by atoms with Crippen molar-refractivity contribution in [1.82, 2.24) is 0 Å². The van der Waals surface area contributed by atoms with Gasteiger partial charge in [0.15, 0.2) is 11.4 Å². The molecule has 0 spiro atoms. The lowest BCUT2D eigenvalue weighted by Crippen LogP contribution is -2.54. The summed E-state index contributed by atoms with van der Waals surface area (Å²) in [5.41, 5.74) is -0.474. The zero-order chi connectivity index (χ0) is 11.2. The molecule has 0 aromatic heterocycles. The van der Waals surface area contributed by atoms with Gasteiger partial charge in [-0.05, 0) is 20.8 Å². The highest BCUT2D eigenvalue weighted by Gasteiger charge is 2.53. The number of fused-ring (bicyclic) bond motifs is 1. The monoisotopic (exact) mass is 236 g/mol. The minimum absolute atomic E-state index is 0.0868. The van der Waals surface area contributed by atoms with Gasteiger partial charge in [0.1, 0.15) is 18.3 Å². The van der Waals surface area contributed by atoms with Crippen LogP contribution in [0, 0.1) is 0 Å². The fraction of sp³-hybridized carbons (Fsp3) is 1.00. The molecule has 88 valence electrons. The molecule has 0 aliphatic carbocycles. The lowest BCUT2D eigenvalue weighted by molar-refractivity contribution is -0.171. The van der Waals surface area contributed by atoms with E-state index in [9.17, 15) is 0 Å². The predicted molar refractivity (Wildman–Crippen MR) is 54.8 cm³/mol. The Morgan fingerprint density at radius 1 is 1.20 bits per heavy atom. The molecule has 0 amide bonds. The van der Waals surface area contributed by atoms with Crippen LogP contribution >= 0.6 is 11.6 Å². The highest BCUT2D eigenvalue weighted by Crippen LogP contribution is 2.39. The van der Waals surface area contributed by atoms with Gasteiger partial charge in [-0.15, -0.1) is 0 Å². The number of hydrogen-bond donors (Lipinski definition) is 0. The van der Waals surface area contributed by atoms with E-state index in [1.165, 1.54) is 0 Å². The van der Waals surface area contributed by atoms with Gasteiger partial charge in [0.25, 0.3) is 0 Å². The molecule has 0 aromatic carbocycles. The second kappa shape index (κ2) is 3.86. The summed E-state index contributed by atoms with van der Waals surface area (Å²) >= 11 is 6.08. The Labute approximate surface area is 94.8 Å². The van der Waals surface area contributed by atoms with Gasteiger partial charge >= 0.3 is 0 Å². The van der Waals surface area contributed by atoms with Crippen molar-refractivity contribution in [2.24, 2.45) is 0 Å². The molecule has 0 aromatic rings. The fourth-order valence-corrected chi connectivity index (χ4v) is 2.58. The molecule has 2 heterocycles. The number of methoxy groups -OCH3 is 1. The van der Waals surface area contributed by atoms with E-state index in [4.69, 9.17) is 30.5 Å². The van der Waals surface area contributed by atoms with Gasteiger partial charge in [-0.25, -0.2) is 0 Å². The van der Waals surface area contributed by atoms with Crippen LogP contribution in [-0.2, 0) is 18.9 Å².